The molecule has 0 unspecified atom stereocenters. The molecule has 1 aliphatic carbocycles. The first-order chi connectivity index (χ1) is 18.1. The molecule has 184 valence electrons. The monoisotopic (exact) mass is 488 g/mol. The quantitative estimate of drug-likeness (QED) is 0.219. The van der Waals surface area contributed by atoms with E-state index in [0.717, 1.165) is 23.2 Å². The molecule has 2 aliphatic rings. The number of fused-ring (bicyclic) bond motifs is 3. The van der Waals surface area contributed by atoms with Gasteiger partial charge < -0.3 is 10.1 Å². The molecule has 1 N–H and O–H groups in total. The van der Waals surface area contributed by atoms with Crippen LogP contribution in [0.2, 0.25) is 0 Å². The maximum atomic E-state index is 13.5. The predicted octanol–water partition coefficient (Wildman–Crippen LogP) is 8.29. The number of para-hydroxylation sites is 1. The van der Waals surface area contributed by atoms with E-state index in [0.29, 0.717) is 24.2 Å². The Kier molecular flexibility index (Phi) is 6.32. The SMILES string of the molecule is Cc1ccc2c(c1)[C@@H]1C=CC[C@@H]1[C@H](c1ccc(N=Cc3ccccc3OCc3cccc(F)c3)cc1)N2. The first kappa shape index (κ1) is 23.2. The van der Waals surface area contributed by atoms with Gasteiger partial charge in [-0.1, -0.05) is 66.2 Å². The molecule has 0 saturated carbocycles. The van der Waals surface area contributed by atoms with E-state index in [1.807, 2.05) is 36.5 Å². The van der Waals surface area contributed by atoms with Crippen molar-refractivity contribution in [2.24, 2.45) is 10.9 Å². The van der Waals surface area contributed by atoms with Crippen molar-refractivity contribution < 1.29 is 9.13 Å². The first-order valence-corrected chi connectivity index (χ1v) is 12.8. The van der Waals surface area contributed by atoms with Gasteiger partial charge >= 0.3 is 0 Å². The van der Waals surface area contributed by atoms with Crippen molar-refractivity contribution in [3.05, 3.63) is 137 Å². The number of rotatable bonds is 6. The van der Waals surface area contributed by atoms with Crippen LogP contribution in [0, 0.1) is 18.7 Å². The summed E-state index contributed by atoms with van der Waals surface area (Å²) in [6.45, 7) is 2.46. The molecule has 6 rings (SSSR count). The van der Waals surface area contributed by atoms with Crippen LogP contribution in [0.3, 0.4) is 0 Å². The smallest absolute Gasteiger partial charge is 0.128 e. The summed E-state index contributed by atoms with van der Waals surface area (Å²) in [4.78, 5) is 4.71. The van der Waals surface area contributed by atoms with Gasteiger partial charge in [-0.25, -0.2) is 4.39 Å². The van der Waals surface area contributed by atoms with E-state index in [9.17, 15) is 4.39 Å². The van der Waals surface area contributed by atoms with Crippen LogP contribution in [0.1, 0.15) is 46.2 Å². The minimum absolute atomic E-state index is 0.262. The van der Waals surface area contributed by atoms with E-state index < -0.39 is 0 Å². The van der Waals surface area contributed by atoms with Crippen LogP contribution in [0.25, 0.3) is 0 Å². The van der Waals surface area contributed by atoms with Gasteiger partial charge in [-0.2, -0.15) is 0 Å². The Morgan fingerprint density at radius 1 is 0.973 bits per heavy atom. The highest BCUT2D eigenvalue weighted by atomic mass is 19.1. The molecule has 3 nitrogen and oxygen atoms in total. The zero-order valence-electron chi connectivity index (χ0n) is 20.8. The maximum absolute atomic E-state index is 13.5. The molecule has 1 heterocycles. The van der Waals surface area contributed by atoms with E-state index in [1.54, 1.807) is 6.07 Å². The third kappa shape index (κ3) is 4.92. The van der Waals surface area contributed by atoms with Gasteiger partial charge in [0.15, 0.2) is 0 Å². The Labute approximate surface area is 217 Å². The molecule has 37 heavy (non-hydrogen) atoms. The number of benzene rings is 4. The van der Waals surface area contributed by atoms with Gasteiger partial charge in [-0.05, 0) is 78.4 Å². The van der Waals surface area contributed by atoms with Crippen LogP contribution in [0.4, 0.5) is 15.8 Å². The normalized spacial score (nSPS) is 19.9. The standard InChI is InChI=1S/C33H29FN2O/c1-22-12-17-31-30(18-22)28-9-5-10-29(28)33(36-31)24-13-15-27(16-14-24)35-20-25-7-2-3-11-32(25)37-21-23-6-4-8-26(34)19-23/h2-9,11-20,28-29,33,36H,10,21H2,1H3/t28-,29+,33+/m1/s1. The van der Waals surface area contributed by atoms with Gasteiger partial charge in [-0.15, -0.1) is 0 Å². The zero-order chi connectivity index (χ0) is 25.2. The van der Waals surface area contributed by atoms with Gasteiger partial charge in [0.25, 0.3) is 0 Å². The zero-order valence-corrected chi connectivity index (χ0v) is 20.8. The molecule has 0 spiro atoms. The lowest BCUT2D eigenvalue weighted by Gasteiger charge is -2.37. The number of ether oxygens (including phenoxy) is 1. The van der Waals surface area contributed by atoms with Crippen LogP contribution >= 0.6 is 0 Å². The van der Waals surface area contributed by atoms with Crippen LogP contribution in [0.15, 0.2) is 108 Å². The number of hydrogen-bond donors (Lipinski definition) is 1. The van der Waals surface area contributed by atoms with Gasteiger partial charge in [-0.3, -0.25) is 4.99 Å². The molecule has 4 aromatic rings. The second-order valence-corrected chi connectivity index (χ2v) is 9.87. The van der Waals surface area contributed by atoms with Crippen molar-refractivity contribution in [3.8, 4) is 5.75 Å². The van der Waals surface area contributed by atoms with Gasteiger partial charge in [0.1, 0.15) is 18.2 Å². The Bertz CT molecular complexity index is 1470. The lowest BCUT2D eigenvalue weighted by Crippen LogP contribution is -2.29. The minimum Gasteiger partial charge on any atom is -0.488 e. The average Bonchev–Trinajstić information content (AvgIpc) is 3.42. The second kappa shape index (κ2) is 10.1. The molecule has 0 fully saturated rings. The van der Waals surface area contributed by atoms with Gasteiger partial charge in [0.2, 0.25) is 0 Å². The highest BCUT2D eigenvalue weighted by Gasteiger charge is 2.37. The lowest BCUT2D eigenvalue weighted by atomic mass is 9.76. The topological polar surface area (TPSA) is 33.6 Å². The Hall–Kier alpha value is -4.18. The fourth-order valence-electron chi connectivity index (χ4n) is 5.46. The fourth-order valence-corrected chi connectivity index (χ4v) is 5.46. The molecule has 0 aromatic heterocycles. The number of halogens is 1. The highest BCUT2D eigenvalue weighted by Crippen LogP contribution is 2.50. The number of nitrogens with zero attached hydrogens (tertiary/aromatic N) is 1. The van der Waals surface area contributed by atoms with Crippen molar-refractivity contribution in [3.63, 3.8) is 0 Å². The molecule has 1 aliphatic heterocycles. The largest absolute Gasteiger partial charge is 0.488 e. The minimum atomic E-state index is -0.262. The van der Waals surface area contributed by atoms with Crippen LogP contribution in [-0.2, 0) is 6.61 Å². The van der Waals surface area contributed by atoms with E-state index in [1.165, 1.54) is 34.5 Å². The van der Waals surface area contributed by atoms with Crippen LogP contribution < -0.4 is 10.1 Å². The molecule has 0 saturated heterocycles. The van der Waals surface area contributed by atoms with E-state index in [4.69, 9.17) is 9.73 Å². The van der Waals surface area contributed by atoms with Gasteiger partial charge in [0, 0.05) is 23.4 Å². The Morgan fingerprint density at radius 3 is 2.70 bits per heavy atom. The summed E-state index contributed by atoms with van der Waals surface area (Å²) >= 11 is 0. The average molecular weight is 489 g/mol. The number of aliphatic imine (C=N–C) groups is 1. The Balaban J connectivity index is 1.17. The highest BCUT2D eigenvalue weighted by molar-refractivity contribution is 5.85. The van der Waals surface area contributed by atoms with E-state index >= 15 is 0 Å². The number of anilines is 1. The molecule has 0 amide bonds. The molecule has 3 atom stereocenters. The number of hydrogen-bond acceptors (Lipinski definition) is 3. The summed E-state index contributed by atoms with van der Waals surface area (Å²) in [5, 5.41) is 3.81. The summed E-state index contributed by atoms with van der Waals surface area (Å²) < 4.78 is 19.5. The van der Waals surface area contributed by atoms with Crippen molar-refractivity contribution in [1.29, 1.82) is 0 Å². The molecule has 0 radical (unpaired) electrons. The van der Waals surface area contributed by atoms with E-state index in [-0.39, 0.29) is 11.9 Å². The van der Waals surface area contributed by atoms with Crippen molar-refractivity contribution in [2.75, 3.05) is 5.32 Å². The number of nitrogens with one attached hydrogen (secondary N) is 1. The number of aryl methyl sites for hydroxylation is 1. The summed E-state index contributed by atoms with van der Waals surface area (Å²) in [7, 11) is 0. The summed E-state index contributed by atoms with van der Waals surface area (Å²) in [6, 6.07) is 29.7. The summed E-state index contributed by atoms with van der Waals surface area (Å²) in [5.74, 6) is 1.43. The first-order valence-electron chi connectivity index (χ1n) is 12.8. The number of allylic oxidation sites excluding steroid dienone is 2. The van der Waals surface area contributed by atoms with Crippen LogP contribution in [-0.4, -0.2) is 6.21 Å². The van der Waals surface area contributed by atoms with Crippen molar-refractivity contribution in [1.82, 2.24) is 0 Å². The second-order valence-electron chi connectivity index (χ2n) is 9.87. The summed E-state index contributed by atoms with van der Waals surface area (Å²) in [6.07, 6.45) is 7.61. The lowest BCUT2D eigenvalue weighted by molar-refractivity contribution is 0.305. The van der Waals surface area contributed by atoms with Crippen LogP contribution in [0.5, 0.6) is 5.75 Å². The van der Waals surface area contributed by atoms with Gasteiger partial charge in [0.05, 0.1) is 11.7 Å². The molecule has 4 heteroatoms. The maximum Gasteiger partial charge on any atom is 0.128 e. The molecule has 0 bridgehead atoms. The molecular weight excluding hydrogens is 459 g/mol. The third-order valence-electron chi connectivity index (χ3n) is 7.33. The molecular formula is C33H29FN2O. The summed E-state index contributed by atoms with van der Waals surface area (Å²) in [5.41, 5.74) is 7.79. The fraction of sp³-hybridized carbons (Fsp3) is 0.182. The third-order valence-corrected chi connectivity index (χ3v) is 7.33. The van der Waals surface area contributed by atoms with Crippen molar-refractivity contribution >= 4 is 17.6 Å². The molecule has 4 aromatic carbocycles. The van der Waals surface area contributed by atoms with E-state index in [2.05, 4.69) is 66.9 Å². The Morgan fingerprint density at radius 2 is 1.84 bits per heavy atom. The predicted molar refractivity (Wildman–Crippen MR) is 148 cm³/mol. The van der Waals surface area contributed by atoms with Crippen molar-refractivity contribution in [2.45, 2.75) is 31.9 Å².